The second-order valence-electron chi connectivity index (χ2n) is 8.26. The number of halogens is 3. The van der Waals surface area contributed by atoms with E-state index in [1.807, 2.05) is 0 Å². The van der Waals surface area contributed by atoms with Crippen molar-refractivity contribution in [3.05, 3.63) is 64.7 Å². The normalized spacial score (nSPS) is 19.2. The van der Waals surface area contributed by atoms with Crippen LogP contribution in [0.15, 0.2) is 42.5 Å². The van der Waals surface area contributed by atoms with Gasteiger partial charge in [-0.25, -0.2) is 8.78 Å². The molecule has 2 aromatic carbocycles. The minimum absolute atomic E-state index is 0.0318. The topological polar surface area (TPSA) is 58.6 Å². The van der Waals surface area contributed by atoms with Crippen LogP contribution in [0.2, 0.25) is 5.02 Å². The van der Waals surface area contributed by atoms with Gasteiger partial charge < -0.3 is 15.0 Å². The summed E-state index contributed by atoms with van der Waals surface area (Å²) >= 11 is 6.12. The number of nitrogens with zero attached hydrogens (tertiary/aromatic N) is 1. The van der Waals surface area contributed by atoms with E-state index in [0.717, 1.165) is 25.3 Å². The summed E-state index contributed by atoms with van der Waals surface area (Å²) in [6, 6.07) is 8.94. The van der Waals surface area contributed by atoms with Crippen LogP contribution < -0.4 is 10.1 Å². The van der Waals surface area contributed by atoms with Crippen molar-refractivity contribution in [2.45, 2.75) is 19.3 Å². The Labute approximate surface area is 190 Å². The fourth-order valence-corrected chi connectivity index (χ4v) is 4.59. The fraction of sp³-hybridized carbons (Fsp3) is 0.333. The number of likely N-dealkylation sites (tertiary alicyclic amines) is 1. The molecule has 2 amide bonds. The van der Waals surface area contributed by atoms with Gasteiger partial charge >= 0.3 is 0 Å². The van der Waals surface area contributed by atoms with Gasteiger partial charge in [0.1, 0.15) is 5.75 Å². The molecular weight excluding hydrogens is 438 g/mol. The largest absolute Gasteiger partial charge is 0.495 e. The summed E-state index contributed by atoms with van der Waals surface area (Å²) in [5.74, 6) is -1.78. The molecular formula is C24H23ClF2N2O3. The molecule has 1 N–H and O–H groups in total. The van der Waals surface area contributed by atoms with E-state index in [9.17, 15) is 18.4 Å². The smallest absolute Gasteiger partial charge is 0.246 e. The first-order valence-electron chi connectivity index (χ1n) is 10.4. The Balaban J connectivity index is 1.30. The summed E-state index contributed by atoms with van der Waals surface area (Å²) in [6.45, 7) is 1.04. The minimum Gasteiger partial charge on any atom is -0.495 e. The number of piperidine rings is 1. The van der Waals surface area contributed by atoms with Crippen LogP contribution in [0.1, 0.15) is 24.8 Å². The first-order chi connectivity index (χ1) is 15.3. The number of hydrogen-bond donors (Lipinski definition) is 1. The fourth-order valence-electron chi connectivity index (χ4n) is 4.33. The summed E-state index contributed by atoms with van der Waals surface area (Å²) in [5.41, 5.74) is 0.560. The van der Waals surface area contributed by atoms with E-state index in [2.05, 4.69) is 5.32 Å². The lowest BCUT2D eigenvalue weighted by molar-refractivity contribution is -0.127. The molecule has 0 bridgehead atoms. The van der Waals surface area contributed by atoms with Crippen molar-refractivity contribution in [3.63, 3.8) is 0 Å². The lowest BCUT2D eigenvalue weighted by Crippen LogP contribution is -2.39. The maximum absolute atomic E-state index is 13.7. The third-order valence-corrected chi connectivity index (χ3v) is 6.68. The zero-order valence-corrected chi connectivity index (χ0v) is 18.3. The third-order valence-electron chi connectivity index (χ3n) is 6.38. The Bertz CT molecular complexity index is 1080. The van der Waals surface area contributed by atoms with E-state index < -0.39 is 11.6 Å². The number of amides is 2. The highest BCUT2D eigenvalue weighted by Crippen LogP contribution is 2.59. The van der Waals surface area contributed by atoms with E-state index in [-0.39, 0.29) is 28.7 Å². The van der Waals surface area contributed by atoms with E-state index in [1.54, 1.807) is 23.1 Å². The summed E-state index contributed by atoms with van der Waals surface area (Å²) in [5, 5.41) is 3.34. The van der Waals surface area contributed by atoms with E-state index in [4.69, 9.17) is 16.3 Å². The molecule has 1 spiro atoms. The van der Waals surface area contributed by atoms with Crippen molar-refractivity contribution in [3.8, 4) is 5.75 Å². The predicted molar refractivity (Wildman–Crippen MR) is 118 cm³/mol. The summed E-state index contributed by atoms with van der Waals surface area (Å²) < 4.78 is 32.2. The van der Waals surface area contributed by atoms with Gasteiger partial charge in [-0.3, -0.25) is 9.59 Å². The van der Waals surface area contributed by atoms with Crippen molar-refractivity contribution in [1.29, 1.82) is 0 Å². The molecule has 32 heavy (non-hydrogen) atoms. The summed E-state index contributed by atoms with van der Waals surface area (Å²) in [7, 11) is 1.53. The highest BCUT2D eigenvalue weighted by Gasteiger charge is 2.58. The molecule has 4 rings (SSSR count). The Morgan fingerprint density at radius 2 is 1.97 bits per heavy atom. The zero-order valence-electron chi connectivity index (χ0n) is 17.5. The molecule has 0 radical (unpaired) electrons. The standard InChI is InChI=1S/C24H23ClF2N2O3/c1-32-20-7-6-16(13-18(20)25)28-23(31)17-14-24(17)9-11-29(12-10-24)21(30)8-5-15-3-2-4-19(26)22(15)27/h2-8,13,17H,9-12,14H2,1H3,(H,28,31). The molecule has 1 saturated heterocycles. The van der Waals surface area contributed by atoms with Crippen molar-refractivity contribution in [2.75, 3.05) is 25.5 Å². The molecule has 1 aliphatic carbocycles. The second kappa shape index (κ2) is 8.90. The maximum atomic E-state index is 13.7. The van der Waals surface area contributed by atoms with Crippen LogP contribution in [0.5, 0.6) is 5.75 Å². The third kappa shape index (κ3) is 4.48. The Morgan fingerprint density at radius 1 is 1.22 bits per heavy atom. The average Bonchev–Trinajstić information content (AvgIpc) is 3.48. The first kappa shape index (κ1) is 22.3. The number of hydrogen-bond acceptors (Lipinski definition) is 3. The second-order valence-corrected chi connectivity index (χ2v) is 8.67. The van der Waals surface area contributed by atoms with Gasteiger partial charge in [0.15, 0.2) is 11.6 Å². The molecule has 1 saturated carbocycles. The molecule has 0 aromatic heterocycles. The molecule has 1 atom stereocenters. The van der Waals surface area contributed by atoms with Crippen LogP contribution in [0, 0.1) is 23.0 Å². The van der Waals surface area contributed by atoms with Crippen LogP contribution >= 0.6 is 11.6 Å². The first-order valence-corrected chi connectivity index (χ1v) is 10.8. The van der Waals surface area contributed by atoms with E-state index in [1.165, 1.54) is 31.4 Å². The molecule has 8 heteroatoms. The molecule has 5 nitrogen and oxygen atoms in total. The Kier molecular flexibility index (Phi) is 6.20. The van der Waals surface area contributed by atoms with Crippen LogP contribution in [0.25, 0.3) is 6.08 Å². The Hall–Kier alpha value is -2.93. The summed E-state index contributed by atoms with van der Waals surface area (Å²) in [6.07, 6.45) is 4.79. The predicted octanol–water partition coefficient (Wildman–Crippen LogP) is 4.91. The van der Waals surface area contributed by atoms with Gasteiger partial charge in [-0.2, -0.15) is 0 Å². The molecule has 168 valence electrons. The highest BCUT2D eigenvalue weighted by molar-refractivity contribution is 6.32. The van der Waals surface area contributed by atoms with Crippen LogP contribution in [-0.4, -0.2) is 36.9 Å². The maximum Gasteiger partial charge on any atom is 0.246 e. The number of benzene rings is 2. The van der Waals surface area contributed by atoms with Crippen LogP contribution in [0.4, 0.5) is 14.5 Å². The average molecular weight is 461 g/mol. The molecule has 1 unspecified atom stereocenters. The minimum atomic E-state index is -0.973. The van der Waals surface area contributed by atoms with Gasteiger partial charge in [0.05, 0.1) is 12.1 Å². The molecule has 2 aliphatic rings. The number of methoxy groups -OCH3 is 1. The van der Waals surface area contributed by atoms with Crippen molar-refractivity contribution in [2.24, 2.45) is 11.3 Å². The van der Waals surface area contributed by atoms with Gasteiger partial charge in [-0.1, -0.05) is 23.7 Å². The van der Waals surface area contributed by atoms with Crippen molar-refractivity contribution >= 4 is 35.2 Å². The lowest BCUT2D eigenvalue weighted by atomic mass is 9.90. The van der Waals surface area contributed by atoms with Gasteiger partial charge in [0, 0.05) is 36.3 Å². The SMILES string of the molecule is COc1ccc(NC(=O)C2CC23CCN(C(=O)C=Cc2cccc(F)c2F)CC3)cc1Cl. The molecule has 2 aromatic rings. The summed E-state index contributed by atoms with van der Waals surface area (Å²) in [4.78, 5) is 26.8. The number of anilines is 1. The van der Waals surface area contributed by atoms with Gasteiger partial charge in [0.25, 0.3) is 0 Å². The number of carbonyl (C=O) groups is 2. The molecule has 1 aliphatic heterocycles. The van der Waals surface area contributed by atoms with E-state index in [0.29, 0.717) is 29.5 Å². The van der Waals surface area contributed by atoms with Crippen LogP contribution in [0.3, 0.4) is 0 Å². The molecule has 2 fully saturated rings. The number of carbonyl (C=O) groups excluding carboxylic acids is 2. The number of nitrogens with one attached hydrogen (secondary N) is 1. The Morgan fingerprint density at radius 3 is 2.66 bits per heavy atom. The van der Waals surface area contributed by atoms with Gasteiger partial charge in [-0.15, -0.1) is 0 Å². The number of ether oxygens (including phenoxy) is 1. The van der Waals surface area contributed by atoms with Gasteiger partial charge in [-0.05, 0) is 55.0 Å². The quantitative estimate of drug-likeness (QED) is 0.645. The van der Waals surface area contributed by atoms with Crippen molar-refractivity contribution < 1.29 is 23.1 Å². The lowest BCUT2D eigenvalue weighted by Gasteiger charge is -2.32. The monoisotopic (exact) mass is 460 g/mol. The number of rotatable bonds is 5. The van der Waals surface area contributed by atoms with Gasteiger partial charge in [0.2, 0.25) is 11.8 Å². The van der Waals surface area contributed by atoms with E-state index >= 15 is 0 Å². The van der Waals surface area contributed by atoms with Crippen LogP contribution in [-0.2, 0) is 9.59 Å². The van der Waals surface area contributed by atoms with Crippen molar-refractivity contribution in [1.82, 2.24) is 4.90 Å². The zero-order chi connectivity index (χ0) is 22.9. The highest BCUT2D eigenvalue weighted by atomic mass is 35.5. The molecule has 1 heterocycles.